The molecule has 6 heteroatoms. The molecule has 3 rings (SSSR count). The van der Waals surface area contributed by atoms with Gasteiger partial charge in [-0.25, -0.2) is 4.79 Å². The minimum atomic E-state index is -0.981. The molecule has 1 amide bonds. The lowest BCUT2D eigenvalue weighted by atomic mass is 10.1. The fourth-order valence-electron chi connectivity index (χ4n) is 2.48. The van der Waals surface area contributed by atoms with Gasteiger partial charge in [0.15, 0.2) is 0 Å². The van der Waals surface area contributed by atoms with E-state index < -0.39 is 5.97 Å². The number of rotatable bonds is 4. The molecule has 1 aliphatic heterocycles. The van der Waals surface area contributed by atoms with E-state index in [1.54, 1.807) is 35.9 Å². The molecular weight excluding hydrogens is 314 g/mol. The van der Waals surface area contributed by atoms with Gasteiger partial charge in [-0.2, -0.15) is 0 Å². The molecule has 0 aromatic heterocycles. The molecule has 1 atom stereocenters. The zero-order chi connectivity index (χ0) is 16.4. The van der Waals surface area contributed by atoms with Crippen molar-refractivity contribution in [3.05, 3.63) is 59.7 Å². The van der Waals surface area contributed by atoms with Gasteiger partial charge in [-0.05, 0) is 42.0 Å². The largest absolute Gasteiger partial charge is 0.497 e. The minimum absolute atomic E-state index is 0.0129. The Balaban J connectivity index is 1.91. The first-order valence-electron chi connectivity index (χ1n) is 7.01. The summed E-state index contributed by atoms with van der Waals surface area (Å²) < 4.78 is 5.16. The maximum absolute atomic E-state index is 12.3. The number of carboxylic acid groups (broad SMARTS) is 1. The predicted octanol–water partition coefficient (Wildman–Crippen LogP) is 3.17. The summed E-state index contributed by atoms with van der Waals surface area (Å²) in [5, 5.41) is 8.85. The van der Waals surface area contributed by atoms with E-state index in [9.17, 15) is 9.59 Å². The molecule has 0 bridgehead atoms. The van der Waals surface area contributed by atoms with Crippen molar-refractivity contribution in [1.82, 2.24) is 0 Å². The van der Waals surface area contributed by atoms with Gasteiger partial charge in [0.1, 0.15) is 11.1 Å². The van der Waals surface area contributed by atoms with Crippen LogP contribution in [0.5, 0.6) is 5.75 Å². The minimum Gasteiger partial charge on any atom is -0.497 e. The number of carbonyl (C=O) groups is 2. The second-order valence-corrected chi connectivity index (χ2v) is 6.12. The van der Waals surface area contributed by atoms with Crippen molar-refractivity contribution >= 4 is 29.3 Å². The number of amides is 1. The average molecular weight is 329 g/mol. The van der Waals surface area contributed by atoms with E-state index in [4.69, 9.17) is 9.84 Å². The highest BCUT2D eigenvalue weighted by atomic mass is 32.2. The number of hydrogen-bond acceptors (Lipinski definition) is 4. The summed E-state index contributed by atoms with van der Waals surface area (Å²) in [6.07, 6.45) is 0. The number of nitrogens with zero attached hydrogens (tertiary/aromatic N) is 1. The summed E-state index contributed by atoms with van der Waals surface area (Å²) in [5.74, 6) is 0.196. The fourth-order valence-corrected chi connectivity index (χ4v) is 3.66. The lowest BCUT2D eigenvalue weighted by Gasteiger charge is -2.24. The van der Waals surface area contributed by atoms with Gasteiger partial charge in [-0.15, -0.1) is 11.8 Å². The zero-order valence-electron chi connectivity index (χ0n) is 12.4. The molecule has 0 unspecified atom stereocenters. The number of hydrogen-bond donors (Lipinski definition) is 1. The summed E-state index contributed by atoms with van der Waals surface area (Å²) in [6, 6.07) is 14.0. The summed E-state index contributed by atoms with van der Waals surface area (Å²) >= 11 is 1.55. The van der Waals surface area contributed by atoms with Crippen LogP contribution < -0.4 is 9.64 Å². The lowest BCUT2D eigenvalue weighted by Crippen LogP contribution is -2.27. The lowest BCUT2D eigenvalue weighted by molar-refractivity contribution is -0.115. The highest BCUT2D eigenvalue weighted by Gasteiger charge is 2.34. The number of anilines is 1. The highest BCUT2D eigenvalue weighted by molar-refractivity contribution is 8.00. The standard InChI is InChI=1S/C17H15NO4S/c1-22-14-8-4-11(5-9-14)16-18(15(19)10-23-16)13-6-2-12(3-7-13)17(20)21/h2-9,16H,10H2,1H3,(H,20,21)/t16-/m1/s1. The van der Waals surface area contributed by atoms with E-state index in [1.807, 2.05) is 24.3 Å². The third kappa shape index (κ3) is 3.03. The van der Waals surface area contributed by atoms with E-state index in [2.05, 4.69) is 0 Å². The normalized spacial score (nSPS) is 17.3. The van der Waals surface area contributed by atoms with E-state index in [1.165, 1.54) is 12.1 Å². The second-order valence-electron chi connectivity index (χ2n) is 5.05. The highest BCUT2D eigenvalue weighted by Crippen LogP contribution is 2.42. The van der Waals surface area contributed by atoms with Crippen LogP contribution in [0.3, 0.4) is 0 Å². The Morgan fingerprint density at radius 1 is 1.17 bits per heavy atom. The Bertz CT molecular complexity index is 727. The average Bonchev–Trinajstić information content (AvgIpc) is 2.96. The fraction of sp³-hybridized carbons (Fsp3) is 0.176. The van der Waals surface area contributed by atoms with Crippen LogP contribution in [0.15, 0.2) is 48.5 Å². The number of benzene rings is 2. The molecule has 0 saturated carbocycles. The molecule has 23 heavy (non-hydrogen) atoms. The zero-order valence-corrected chi connectivity index (χ0v) is 13.2. The van der Waals surface area contributed by atoms with Crippen molar-refractivity contribution < 1.29 is 19.4 Å². The number of ether oxygens (including phenoxy) is 1. The number of aromatic carboxylic acids is 1. The molecule has 1 saturated heterocycles. The number of carbonyl (C=O) groups excluding carboxylic acids is 1. The third-order valence-electron chi connectivity index (χ3n) is 3.66. The molecule has 118 valence electrons. The van der Waals surface area contributed by atoms with Gasteiger partial charge in [0, 0.05) is 5.69 Å². The number of carboxylic acids is 1. The van der Waals surface area contributed by atoms with Gasteiger partial charge in [0.25, 0.3) is 0 Å². The Hall–Kier alpha value is -2.47. The van der Waals surface area contributed by atoms with E-state index >= 15 is 0 Å². The van der Waals surface area contributed by atoms with Crippen LogP contribution in [-0.2, 0) is 4.79 Å². The van der Waals surface area contributed by atoms with Crippen molar-refractivity contribution in [2.75, 3.05) is 17.8 Å². The molecule has 0 spiro atoms. The van der Waals surface area contributed by atoms with Crippen molar-refractivity contribution in [1.29, 1.82) is 0 Å². The molecule has 1 heterocycles. The van der Waals surface area contributed by atoms with Crippen molar-refractivity contribution in [3.63, 3.8) is 0 Å². The van der Waals surface area contributed by atoms with Gasteiger partial charge in [0.2, 0.25) is 5.91 Å². The molecule has 1 aliphatic rings. The molecule has 5 nitrogen and oxygen atoms in total. The SMILES string of the molecule is COc1ccc([C@H]2SCC(=O)N2c2ccc(C(=O)O)cc2)cc1. The molecule has 0 aliphatic carbocycles. The van der Waals surface area contributed by atoms with Gasteiger partial charge in [-0.1, -0.05) is 12.1 Å². The first-order valence-corrected chi connectivity index (χ1v) is 8.06. The first-order chi connectivity index (χ1) is 11.1. The summed E-state index contributed by atoms with van der Waals surface area (Å²) in [7, 11) is 1.61. The van der Waals surface area contributed by atoms with Crippen LogP contribution in [0.25, 0.3) is 0 Å². The molecular formula is C17H15NO4S. The van der Waals surface area contributed by atoms with Crippen molar-refractivity contribution in [3.8, 4) is 5.75 Å². The van der Waals surface area contributed by atoms with E-state index in [0.29, 0.717) is 11.4 Å². The maximum atomic E-state index is 12.3. The second kappa shape index (κ2) is 6.34. The van der Waals surface area contributed by atoms with Crippen LogP contribution in [0.4, 0.5) is 5.69 Å². The van der Waals surface area contributed by atoms with Crippen LogP contribution in [0, 0.1) is 0 Å². The third-order valence-corrected chi connectivity index (χ3v) is 4.87. The Labute approximate surface area is 137 Å². The van der Waals surface area contributed by atoms with E-state index in [0.717, 1.165) is 11.3 Å². The van der Waals surface area contributed by atoms with Gasteiger partial charge < -0.3 is 9.84 Å². The Kier molecular flexibility index (Phi) is 4.25. The summed E-state index contributed by atoms with van der Waals surface area (Å²) in [6.45, 7) is 0. The Morgan fingerprint density at radius 3 is 2.39 bits per heavy atom. The molecule has 1 fully saturated rings. The molecule has 2 aromatic rings. The summed E-state index contributed by atoms with van der Waals surface area (Å²) in [5.41, 5.74) is 1.91. The van der Waals surface area contributed by atoms with Gasteiger partial charge >= 0.3 is 5.97 Å². The topological polar surface area (TPSA) is 66.8 Å². The smallest absolute Gasteiger partial charge is 0.335 e. The maximum Gasteiger partial charge on any atom is 0.335 e. The van der Waals surface area contributed by atoms with Crippen LogP contribution in [0.2, 0.25) is 0 Å². The molecule has 1 N–H and O–H groups in total. The number of methoxy groups -OCH3 is 1. The van der Waals surface area contributed by atoms with Crippen LogP contribution in [-0.4, -0.2) is 29.8 Å². The quantitative estimate of drug-likeness (QED) is 0.933. The van der Waals surface area contributed by atoms with Crippen LogP contribution >= 0.6 is 11.8 Å². The first kappa shape index (κ1) is 15.4. The monoisotopic (exact) mass is 329 g/mol. The van der Waals surface area contributed by atoms with Crippen LogP contribution in [0.1, 0.15) is 21.3 Å². The van der Waals surface area contributed by atoms with Gasteiger partial charge in [0.05, 0.1) is 18.4 Å². The van der Waals surface area contributed by atoms with Crippen molar-refractivity contribution in [2.24, 2.45) is 0 Å². The molecule has 2 aromatic carbocycles. The molecule has 0 radical (unpaired) electrons. The van der Waals surface area contributed by atoms with Gasteiger partial charge in [-0.3, -0.25) is 9.69 Å². The predicted molar refractivity (Wildman–Crippen MR) is 89.1 cm³/mol. The summed E-state index contributed by atoms with van der Waals surface area (Å²) in [4.78, 5) is 24.9. The number of thioether (sulfide) groups is 1. The van der Waals surface area contributed by atoms with E-state index in [-0.39, 0.29) is 16.8 Å². The van der Waals surface area contributed by atoms with Crippen molar-refractivity contribution in [2.45, 2.75) is 5.37 Å². The Morgan fingerprint density at radius 2 is 1.83 bits per heavy atom.